The lowest BCUT2D eigenvalue weighted by molar-refractivity contribution is -0.119. The molecule has 20 heavy (non-hydrogen) atoms. The monoisotopic (exact) mass is 299 g/mol. The molecule has 0 aliphatic rings. The highest BCUT2D eigenvalue weighted by atomic mass is 32.2. The Balaban J connectivity index is 2.90. The van der Waals surface area contributed by atoms with Crippen LogP contribution in [0.15, 0.2) is 29.2 Å². The van der Waals surface area contributed by atoms with Gasteiger partial charge < -0.3 is 11.5 Å². The fraction of sp³-hybridized carbons (Fsp3) is 0.462. The average Bonchev–Trinajstić information content (AvgIpc) is 2.26. The van der Waals surface area contributed by atoms with E-state index in [1.54, 1.807) is 26.0 Å². The molecule has 1 amide bonds. The largest absolute Gasteiger partial charge is 0.370 e. The van der Waals surface area contributed by atoms with Gasteiger partial charge in [-0.25, -0.2) is 13.1 Å². The fourth-order valence-corrected chi connectivity index (χ4v) is 3.31. The van der Waals surface area contributed by atoms with E-state index in [9.17, 15) is 13.2 Å². The van der Waals surface area contributed by atoms with E-state index in [1.165, 1.54) is 12.1 Å². The van der Waals surface area contributed by atoms with Crippen molar-refractivity contribution in [2.75, 3.05) is 6.54 Å². The maximum Gasteiger partial charge on any atom is 0.241 e. The van der Waals surface area contributed by atoms with Crippen LogP contribution < -0.4 is 16.2 Å². The number of sulfonamides is 1. The normalized spacial score (nSPS) is 12.3. The van der Waals surface area contributed by atoms with E-state index in [2.05, 4.69) is 4.72 Å². The van der Waals surface area contributed by atoms with Crippen LogP contribution >= 0.6 is 0 Å². The number of carbonyl (C=O) groups is 1. The van der Waals surface area contributed by atoms with Crippen molar-refractivity contribution in [3.63, 3.8) is 0 Å². The summed E-state index contributed by atoms with van der Waals surface area (Å²) in [6.07, 6.45) is 0.623. The van der Waals surface area contributed by atoms with Gasteiger partial charge >= 0.3 is 0 Å². The number of primary amides is 1. The van der Waals surface area contributed by atoms with Crippen molar-refractivity contribution in [3.8, 4) is 0 Å². The highest BCUT2D eigenvalue weighted by molar-refractivity contribution is 7.89. The third kappa shape index (κ3) is 4.92. The zero-order valence-corrected chi connectivity index (χ0v) is 12.5. The average molecular weight is 299 g/mol. The van der Waals surface area contributed by atoms with Crippen molar-refractivity contribution in [3.05, 3.63) is 29.8 Å². The van der Waals surface area contributed by atoms with Gasteiger partial charge in [0.05, 0.1) is 4.90 Å². The van der Waals surface area contributed by atoms with Crippen LogP contribution in [0.2, 0.25) is 0 Å². The van der Waals surface area contributed by atoms with Crippen molar-refractivity contribution < 1.29 is 13.2 Å². The van der Waals surface area contributed by atoms with Crippen molar-refractivity contribution in [2.24, 2.45) is 11.5 Å². The first-order valence-electron chi connectivity index (χ1n) is 6.27. The molecule has 0 heterocycles. The Morgan fingerprint density at radius 1 is 1.25 bits per heavy atom. The molecule has 0 aliphatic carbocycles. The van der Waals surface area contributed by atoms with Crippen molar-refractivity contribution in [1.29, 1.82) is 0 Å². The smallest absolute Gasteiger partial charge is 0.241 e. The topological polar surface area (TPSA) is 115 Å². The Morgan fingerprint density at radius 2 is 1.80 bits per heavy atom. The number of amides is 1. The molecule has 7 heteroatoms. The Morgan fingerprint density at radius 3 is 2.25 bits per heavy atom. The molecule has 1 aromatic rings. The van der Waals surface area contributed by atoms with Crippen LogP contribution in [0.5, 0.6) is 0 Å². The quantitative estimate of drug-likeness (QED) is 0.663. The molecule has 0 fully saturated rings. The van der Waals surface area contributed by atoms with E-state index in [-0.39, 0.29) is 11.3 Å². The first kappa shape index (κ1) is 16.6. The molecule has 0 radical (unpaired) electrons. The minimum atomic E-state index is -3.68. The highest BCUT2D eigenvalue weighted by Gasteiger charge is 2.27. The van der Waals surface area contributed by atoms with E-state index in [1.807, 2.05) is 0 Å². The highest BCUT2D eigenvalue weighted by Crippen LogP contribution is 2.16. The molecular formula is C13H21N3O3S. The summed E-state index contributed by atoms with van der Waals surface area (Å²) in [7, 11) is -3.68. The summed E-state index contributed by atoms with van der Waals surface area (Å²) >= 11 is 0. The third-order valence-electron chi connectivity index (χ3n) is 2.69. The van der Waals surface area contributed by atoms with Gasteiger partial charge in [0, 0.05) is 12.0 Å². The third-order valence-corrected chi connectivity index (χ3v) is 4.41. The summed E-state index contributed by atoms with van der Waals surface area (Å²) in [6, 6.07) is 6.49. The van der Waals surface area contributed by atoms with Crippen molar-refractivity contribution in [2.45, 2.75) is 37.1 Å². The zero-order valence-electron chi connectivity index (χ0n) is 11.7. The maximum atomic E-state index is 12.2. The molecule has 0 bridgehead atoms. The van der Waals surface area contributed by atoms with Crippen LogP contribution in [0.25, 0.3) is 0 Å². The SMILES string of the molecule is CC(C)(CC(N)=O)NS(=O)(=O)c1ccc(CCN)cc1. The van der Waals surface area contributed by atoms with Gasteiger partial charge in [0.1, 0.15) is 0 Å². The van der Waals surface area contributed by atoms with Gasteiger partial charge in [0.25, 0.3) is 0 Å². The lowest BCUT2D eigenvalue weighted by atomic mass is 10.0. The van der Waals surface area contributed by atoms with Gasteiger partial charge in [0.2, 0.25) is 15.9 Å². The van der Waals surface area contributed by atoms with Gasteiger partial charge in [-0.05, 0) is 44.5 Å². The number of carbonyl (C=O) groups excluding carboxylic acids is 1. The fourth-order valence-electron chi connectivity index (χ4n) is 1.90. The lowest BCUT2D eigenvalue weighted by Crippen LogP contribution is -2.45. The van der Waals surface area contributed by atoms with Crippen LogP contribution in [0.1, 0.15) is 25.8 Å². The van der Waals surface area contributed by atoms with Gasteiger partial charge in [-0.3, -0.25) is 4.79 Å². The van der Waals surface area contributed by atoms with Gasteiger partial charge in [-0.1, -0.05) is 12.1 Å². The predicted molar refractivity (Wildman–Crippen MR) is 77.4 cm³/mol. The number of nitrogens with one attached hydrogen (secondary N) is 1. The number of benzene rings is 1. The summed E-state index contributed by atoms with van der Waals surface area (Å²) in [6.45, 7) is 3.73. The van der Waals surface area contributed by atoms with Crippen molar-refractivity contribution in [1.82, 2.24) is 4.72 Å². The Labute approximate surface area is 119 Å². The molecule has 0 aromatic heterocycles. The number of nitrogens with two attached hydrogens (primary N) is 2. The van der Waals surface area contributed by atoms with Gasteiger partial charge in [-0.15, -0.1) is 0 Å². The second-order valence-electron chi connectivity index (χ2n) is 5.32. The predicted octanol–water partition coefficient (Wildman–Crippen LogP) is 0.120. The molecule has 5 N–H and O–H groups in total. The summed E-state index contributed by atoms with van der Waals surface area (Å²) in [5.74, 6) is -0.559. The van der Waals surface area contributed by atoms with Crippen LogP contribution in [-0.4, -0.2) is 26.4 Å². The minimum Gasteiger partial charge on any atom is -0.370 e. The Kier molecular flexibility index (Phi) is 5.27. The first-order valence-corrected chi connectivity index (χ1v) is 7.76. The molecule has 0 saturated carbocycles. The van der Waals surface area contributed by atoms with Crippen LogP contribution in [-0.2, 0) is 21.2 Å². The summed E-state index contributed by atoms with van der Waals surface area (Å²) < 4.78 is 26.9. The molecule has 0 unspecified atom stereocenters. The van der Waals surface area contributed by atoms with Crippen LogP contribution in [0.4, 0.5) is 0 Å². The van der Waals surface area contributed by atoms with Gasteiger partial charge in [0.15, 0.2) is 0 Å². The summed E-state index contributed by atoms with van der Waals surface area (Å²) in [5, 5.41) is 0. The van der Waals surface area contributed by atoms with E-state index in [0.717, 1.165) is 5.56 Å². The summed E-state index contributed by atoms with van der Waals surface area (Å²) in [4.78, 5) is 11.1. The Bertz CT molecular complexity index is 565. The molecule has 0 aliphatic heterocycles. The molecule has 0 saturated heterocycles. The zero-order chi connectivity index (χ0) is 15.4. The lowest BCUT2D eigenvalue weighted by Gasteiger charge is -2.24. The number of rotatable bonds is 7. The molecule has 0 atom stereocenters. The second kappa shape index (κ2) is 6.34. The molecule has 1 aromatic carbocycles. The van der Waals surface area contributed by atoms with E-state index in [0.29, 0.717) is 13.0 Å². The first-order chi connectivity index (χ1) is 9.16. The van der Waals surface area contributed by atoms with Crippen LogP contribution in [0, 0.1) is 0 Å². The molecular weight excluding hydrogens is 278 g/mol. The Hall–Kier alpha value is -1.44. The second-order valence-corrected chi connectivity index (χ2v) is 7.00. The van der Waals surface area contributed by atoms with E-state index in [4.69, 9.17) is 11.5 Å². The standard InChI is InChI=1S/C13H21N3O3S/c1-13(2,9-12(15)17)16-20(18,19)11-5-3-10(4-6-11)7-8-14/h3-6,16H,7-9,14H2,1-2H3,(H2,15,17). The van der Waals surface area contributed by atoms with Crippen molar-refractivity contribution >= 4 is 15.9 Å². The molecule has 1 rings (SSSR count). The van der Waals surface area contributed by atoms with Crippen LogP contribution in [0.3, 0.4) is 0 Å². The molecule has 6 nitrogen and oxygen atoms in total. The molecule has 0 spiro atoms. The molecule has 112 valence electrons. The number of hydrogen-bond acceptors (Lipinski definition) is 4. The maximum absolute atomic E-state index is 12.2. The van der Waals surface area contributed by atoms with Gasteiger partial charge in [-0.2, -0.15) is 0 Å². The van der Waals surface area contributed by atoms with E-state index >= 15 is 0 Å². The summed E-state index contributed by atoms with van der Waals surface area (Å²) in [5.41, 5.74) is 10.6. The number of hydrogen-bond donors (Lipinski definition) is 3. The minimum absolute atomic E-state index is 0.0719. The van der Waals surface area contributed by atoms with E-state index < -0.39 is 21.5 Å².